The van der Waals surface area contributed by atoms with E-state index in [-0.39, 0.29) is 11.8 Å². The monoisotopic (exact) mass is 393 g/mol. The summed E-state index contributed by atoms with van der Waals surface area (Å²) in [5, 5.41) is 5.39. The molecule has 0 spiro atoms. The Kier molecular flexibility index (Phi) is 5.08. The van der Waals surface area contributed by atoms with E-state index in [1.165, 1.54) is 11.3 Å². The lowest BCUT2D eigenvalue weighted by Crippen LogP contribution is -2.25. The number of amides is 2. The van der Waals surface area contributed by atoms with Gasteiger partial charge in [-0.15, -0.1) is 11.3 Å². The number of nitrogens with one attached hydrogen (secondary N) is 1. The van der Waals surface area contributed by atoms with Crippen LogP contribution in [0.3, 0.4) is 0 Å². The third-order valence-electron chi connectivity index (χ3n) is 4.59. The number of methoxy groups -OCH3 is 1. The highest BCUT2D eigenvalue weighted by molar-refractivity contribution is 7.13. The molecule has 1 saturated heterocycles. The normalized spacial score (nSPS) is 13.6. The number of hydrogen-bond acceptors (Lipinski definition) is 5. The quantitative estimate of drug-likeness (QED) is 0.705. The molecule has 6 nitrogen and oxygen atoms in total. The molecule has 7 heteroatoms. The van der Waals surface area contributed by atoms with Crippen LogP contribution in [0.5, 0.6) is 5.75 Å². The number of carbonyl (C=O) groups is 2. The molecule has 0 bridgehead atoms. The highest BCUT2D eigenvalue weighted by Crippen LogP contribution is 2.30. The maximum Gasteiger partial charge on any atom is 0.275 e. The molecule has 0 aliphatic carbocycles. The predicted octanol–water partition coefficient (Wildman–Crippen LogP) is 4.20. The van der Waals surface area contributed by atoms with Gasteiger partial charge in [-0.25, -0.2) is 4.98 Å². The lowest BCUT2D eigenvalue weighted by atomic mass is 10.2. The van der Waals surface area contributed by atoms with Crippen LogP contribution in [0.2, 0.25) is 0 Å². The van der Waals surface area contributed by atoms with Gasteiger partial charge in [0.15, 0.2) is 0 Å². The number of carbonyl (C=O) groups excluding carboxylic acids is 2. The fraction of sp³-hybridized carbons (Fsp3) is 0.190. The molecule has 0 unspecified atom stereocenters. The van der Waals surface area contributed by atoms with E-state index in [0.717, 1.165) is 28.4 Å². The zero-order valence-corrected chi connectivity index (χ0v) is 16.2. The van der Waals surface area contributed by atoms with Gasteiger partial charge < -0.3 is 15.0 Å². The summed E-state index contributed by atoms with van der Waals surface area (Å²) in [6.45, 7) is 0.671. The highest BCUT2D eigenvalue weighted by Gasteiger charge is 2.24. The number of aromatic nitrogens is 1. The molecule has 2 heterocycles. The van der Waals surface area contributed by atoms with Crippen molar-refractivity contribution in [1.82, 2.24) is 4.98 Å². The molecule has 1 aliphatic rings. The van der Waals surface area contributed by atoms with Crippen molar-refractivity contribution in [3.63, 3.8) is 0 Å². The summed E-state index contributed by atoms with van der Waals surface area (Å²) in [6, 6.07) is 14.9. The summed E-state index contributed by atoms with van der Waals surface area (Å²) in [6.07, 6.45) is 1.37. The van der Waals surface area contributed by atoms with E-state index in [0.29, 0.717) is 24.3 Å². The Balaban J connectivity index is 1.53. The molecule has 0 saturated carbocycles. The Hall–Kier alpha value is -3.19. The fourth-order valence-electron chi connectivity index (χ4n) is 3.15. The van der Waals surface area contributed by atoms with Crippen molar-refractivity contribution in [2.45, 2.75) is 12.8 Å². The Morgan fingerprint density at radius 2 is 1.96 bits per heavy atom. The first-order valence-corrected chi connectivity index (χ1v) is 9.84. The fourth-order valence-corrected chi connectivity index (χ4v) is 3.95. The van der Waals surface area contributed by atoms with Crippen LogP contribution >= 0.6 is 11.3 Å². The number of thiazole rings is 1. The van der Waals surface area contributed by atoms with Crippen LogP contribution in [-0.4, -0.2) is 30.5 Å². The number of rotatable bonds is 5. The molecule has 1 aliphatic heterocycles. The van der Waals surface area contributed by atoms with E-state index >= 15 is 0 Å². The van der Waals surface area contributed by atoms with Gasteiger partial charge in [-0.05, 0) is 42.8 Å². The Bertz CT molecular complexity index is 1010. The number of para-hydroxylation sites is 2. The van der Waals surface area contributed by atoms with Gasteiger partial charge >= 0.3 is 0 Å². The molecule has 0 radical (unpaired) electrons. The third kappa shape index (κ3) is 3.61. The molecule has 1 aromatic heterocycles. The summed E-state index contributed by atoms with van der Waals surface area (Å²) in [7, 11) is 1.62. The van der Waals surface area contributed by atoms with Crippen LogP contribution in [0.4, 0.5) is 11.4 Å². The Morgan fingerprint density at radius 1 is 1.18 bits per heavy atom. The van der Waals surface area contributed by atoms with Gasteiger partial charge in [0.05, 0.1) is 18.5 Å². The zero-order chi connectivity index (χ0) is 19.5. The smallest absolute Gasteiger partial charge is 0.275 e. The molecule has 1 N–H and O–H groups in total. The molecular formula is C21H19N3O3S. The van der Waals surface area contributed by atoms with E-state index < -0.39 is 0 Å². The van der Waals surface area contributed by atoms with E-state index in [1.54, 1.807) is 23.5 Å². The van der Waals surface area contributed by atoms with Gasteiger partial charge in [0.1, 0.15) is 16.5 Å². The van der Waals surface area contributed by atoms with Gasteiger partial charge in [-0.1, -0.05) is 12.1 Å². The van der Waals surface area contributed by atoms with Crippen LogP contribution in [0, 0.1) is 0 Å². The number of hydrogen-bond donors (Lipinski definition) is 1. The van der Waals surface area contributed by atoms with E-state index in [1.807, 2.05) is 42.5 Å². The SMILES string of the molecule is COc1ccc(-c2nc(C(=O)Nc3ccccc3N3CCCC3=O)cs2)cc1. The van der Waals surface area contributed by atoms with Crippen LogP contribution in [0.1, 0.15) is 23.3 Å². The maximum absolute atomic E-state index is 12.7. The first-order valence-electron chi connectivity index (χ1n) is 8.96. The van der Waals surface area contributed by atoms with Crippen molar-refractivity contribution in [3.8, 4) is 16.3 Å². The minimum Gasteiger partial charge on any atom is -0.497 e. The summed E-state index contributed by atoms with van der Waals surface area (Å²) >= 11 is 1.41. The minimum atomic E-state index is -0.296. The van der Waals surface area contributed by atoms with Gasteiger partial charge in [0.25, 0.3) is 5.91 Å². The molecule has 0 atom stereocenters. The summed E-state index contributed by atoms with van der Waals surface area (Å²) < 4.78 is 5.17. The van der Waals surface area contributed by atoms with E-state index in [4.69, 9.17) is 4.74 Å². The molecule has 2 amide bonds. The molecule has 3 aromatic rings. The van der Waals surface area contributed by atoms with Crippen molar-refractivity contribution in [2.75, 3.05) is 23.9 Å². The molecular weight excluding hydrogens is 374 g/mol. The van der Waals surface area contributed by atoms with E-state index in [2.05, 4.69) is 10.3 Å². The number of benzene rings is 2. The average molecular weight is 393 g/mol. The topological polar surface area (TPSA) is 71.5 Å². The van der Waals surface area contributed by atoms with Gasteiger partial charge in [0, 0.05) is 23.9 Å². The van der Waals surface area contributed by atoms with Crippen LogP contribution < -0.4 is 15.0 Å². The van der Waals surface area contributed by atoms with Gasteiger partial charge in [-0.2, -0.15) is 0 Å². The highest BCUT2D eigenvalue weighted by atomic mass is 32.1. The van der Waals surface area contributed by atoms with Crippen molar-refractivity contribution in [2.24, 2.45) is 0 Å². The molecule has 142 valence electrons. The lowest BCUT2D eigenvalue weighted by Gasteiger charge is -2.19. The predicted molar refractivity (Wildman–Crippen MR) is 110 cm³/mol. The van der Waals surface area contributed by atoms with Gasteiger partial charge in [-0.3, -0.25) is 9.59 Å². The molecule has 4 rings (SSSR count). The van der Waals surface area contributed by atoms with Crippen molar-refractivity contribution in [1.29, 1.82) is 0 Å². The van der Waals surface area contributed by atoms with E-state index in [9.17, 15) is 9.59 Å². The second-order valence-electron chi connectivity index (χ2n) is 6.39. The minimum absolute atomic E-state index is 0.0807. The van der Waals surface area contributed by atoms with Crippen LogP contribution in [0.15, 0.2) is 53.9 Å². The largest absolute Gasteiger partial charge is 0.497 e. The average Bonchev–Trinajstić information content (AvgIpc) is 3.38. The summed E-state index contributed by atoms with van der Waals surface area (Å²) in [5.74, 6) is 0.554. The molecule has 1 fully saturated rings. The second kappa shape index (κ2) is 7.82. The second-order valence-corrected chi connectivity index (χ2v) is 7.24. The molecule has 28 heavy (non-hydrogen) atoms. The number of nitrogens with zero attached hydrogens (tertiary/aromatic N) is 2. The van der Waals surface area contributed by atoms with Gasteiger partial charge in [0.2, 0.25) is 5.91 Å². The van der Waals surface area contributed by atoms with Crippen LogP contribution in [0.25, 0.3) is 10.6 Å². The molecule has 2 aromatic carbocycles. The third-order valence-corrected chi connectivity index (χ3v) is 5.48. The Morgan fingerprint density at radius 3 is 2.68 bits per heavy atom. The van der Waals surface area contributed by atoms with Crippen molar-refractivity contribution in [3.05, 3.63) is 59.6 Å². The summed E-state index contributed by atoms with van der Waals surface area (Å²) in [4.78, 5) is 31.0. The number of anilines is 2. The zero-order valence-electron chi connectivity index (χ0n) is 15.3. The first-order chi connectivity index (χ1) is 13.7. The van der Waals surface area contributed by atoms with Crippen LogP contribution in [-0.2, 0) is 4.79 Å². The summed E-state index contributed by atoms with van der Waals surface area (Å²) in [5.41, 5.74) is 2.61. The maximum atomic E-state index is 12.7. The Labute approximate surface area is 166 Å². The standard InChI is InChI=1S/C21H19N3O3S/c1-27-15-10-8-14(9-11-15)21-23-17(13-28-21)20(26)22-16-5-2-3-6-18(16)24-12-4-7-19(24)25/h2-3,5-6,8-11,13H,4,7,12H2,1H3,(H,22,26). The van der Waals surface area contributed by atoms with Crippen molar-refractivity contribution >= 4 is 34.5 Å². The lowest BCUT2D eigenvalue weighted by molar-refractivity contribution is -0.117. The number of ether oxygens (including phenoxy) is 1. The van der Waals surface area contributed by atoms with Crippen molar-refractivity contribution < 1.29 is 14.3 Å². The first kappa shape index (κ1) is 18.2.